The first kappa shape index (κ1) is 14.2. The molecule has 1 heterocycles. The molecule has 0 saturated heterocycles. The number of thioether (sulfide) groups is 1. The summed E-state index contributed by atoms with van der Waals surface area (Å²) >= 11 is 3.41. The molecule has 0 radical (unpaired) electrons. The molecule has 21 heavy (non-hydrogen) atoms. The number of amides is 1. The van der Waals surface area contributed by atoms with Gasteiger partial charge in [0.05, 0.1) is 6.42 Å². The van der Waals surface area contributed by atoms with Gasteiger partial charge in [0.25, 0.3) is 0 Å². The van der Waals surface area contributed by atoms with Crippen LogP contribution in [0, 0.1) is 0 Å². The van der Waals surface area contributed by atoms with Crippen molar-refractivity contribution in [3.8, 4) is 0 Å². The van der Waals surface area contributed by atoms with Crippen molar-refractivity contribution in [1.82, 2.24) is 0 Å². The van der Waals surface area contributed by atoms with Crippen molar-refractivity contribution in [2.24, 2.45) is 0 Å². The summed E-state index contributed by atoms with van der Waals surface area (Å²) in [5.74, 6) is 0.0153. The van der Waals surface area contributed by atoms with Crippen LogP contribution in [0.4, 0.5) is 5.69 Å². The van der Waals surface area contributed by atoms with Gasteiger partial charge >= 0.3 is 0 Å². The predicted octanol–water partition coefficient (Wildman–Crippen LogP) is 4.80. The van der Waals surface area contributed by atoms with E-state index in [1.807, 2.05) is 48.7 Å². The van der Waals surface area contributed by atoms with E-state index in [4.69, 9.17) is 0 Å². The molecule has 3 aromatic rings. The smallest absolute Gasteiger partial charge is 0.228 e. The van der Waals surface area contributed by atoms with E-state index in [0.29, 0.717) is 6.42 Å². The molecule has 0 atom stereocenters. The van der Waals surface area contributed by atoms with Crippen molar-refractivity contribution in [1.29, 1.82) is 0 Å². The summed E-state index contributed by atoms with van der Waals surface area (Å²) in [5.41, 5.74) is 1.88. The van der Waals surface area contributed by atoms with Gasteiger partial charge in [-0.05, 0) is 59.0 Å². The van der Waals surface area contributed by atoms with Crippen LogP contribution in [-0.4, -0.2) is 12.2 Å². The van der Waals surface area contributed by atoms with Crippen molar-refractivity contribution in [2.45, 2.75) is 11.3 Å². The van der Waals surface area contributed by atoms with Crippen LogP contribution in [0.25, 0.3) is 10.1 Å². The lowest BCUT2D eigenvalue weighted by Gasteiger charge is -2.06. The van der Waals surface area contributed by atoms with Gasteiger partial charge in [0, 0.05) is 15.3 Å². The summed E-state index contributed by atoms with van der Waals surface area (Å²) in [7, 11) is 0. The summed E-state index contributed by atoms with van der Waals surface area (Å²) in [6.07, 6.45) is 2.44. The fourth-order valence-corrected chi connectivity index (χ4v) is 3.36. The minimum absolute atomic E-state index is 0.0153. The maximum absolute atomic E-state index is 12.1. The van der Waals surface area contributed by atoms with Gasteiger partial charge in [-0.1, -0.05) is 12.1 Å². The van der Waals surface area contributed by atoms with E-state index in [2.05, 4.69) is 16.8 Å². The normalized spacial score (nSPS) is 10.7. The second-order valence-electron chi connectivity index (χ2n) is 4.75. The molecule has 3 rings (SSSR count). The Morgan fingerprint density at radius 1 is 1.14 bits per heavy atom. The highest BCUT2D eigenvalue weighted by atomic mass is 32.2. The Labute approximate surface area is 132 Å². The highest BCUT2D eigenvalue weighted by Gasteiger charge is 2.05. The van der Waals surface area contributed by atoms with Crippen LogP contribution in [0.2, 0.25) is 0 Å². The van der Waals surface area contributed by atoms with E-state index in [9.17, 15) is 4.79 Å². The molecular weight excluding hydrogens is 298 g/mol. The van der Waals surface area contributed by atoms with Crippen molar-refractivity contribution in [3.63, 3.8) is 0 Å². The third kappa shape index (κ3) is 3.46. The second kappa shape index (κ2) is 6.33. The van der Waals surface area contributed by atoms with E-state index < -0.39 is 0 Å². The summed E-state index contributed by atoms with van der Waals surface area (Å²) in [6.45, 7) is 0. The molecule has 0 saturated carbocycles. The minimum Gasteiger partial charge on any atom is -0.326 e. The number of carbonyl (C=O) groups excluding carboxylic acids is 1. The van der Waals surface area contributed by atoms with Gasteiger partial charge in [0.15, 0.2) is 0 Å². The Balaban J connectivity index is 1.67. The van der Waals surface area contributed by atoms with E-state index in [1.165, 1.54) is 15.0 Å². The van der Waals surface area contributed by atoms with Crippen molar-refractivity contribution >= 4 is 44.8 Å². The molecule has 1 N–H and O–H groups in total. The van der Waals surface area contributed by atoms with E-state index in [0.717, 1.165) is 11.3 Å². The first-order chi connectivity index (χ1) is 10.2. The lowest BCUT2D eigenvalue weighted by molar-refractivity contribution is -0.115. The number of carbonyl (C=O) groups is 1. The molecule has 1 aromatic heterocycles. The number of thiophene rings is 1. The van der Waals surface area contributed by atoms with Gasteiger partial charge in [-0.25, -0.2) is 0 Å². The number of rotatable bonds is 4. The van der Waals surface area contributed by atoms with Crippen LogP contribution in [0.5, 0.6) is 0 Å². The second-order valence-corrected chi connectivity index (χ2v) is 6.57. The fraction of sp³-hybridized carbons (Fsp3) is 0.118. The predicted molar refractivity (Wildman–Crippen MR) is 92.4 cm³/mol. The molecule has 0 unspecified atom stereocenters. The van der Waals surface area contributed by atoms with Gasteiger partial charge in [0.2, 0.25) is 5.91 Å². The molecule has 106 valence electrons. The van der Waals surface area contributed by atoms with Gasteiger partial charge in [-0.2, -0.15) is 0 Å². The van der Waals surface area contributed by atoms with E-state index >= 15 is 0 Å². The number of hydrogen-bond acceptors (Lipinski definition) is 3. The van der Waals surface area contributed by atoms with Gasteiger partial charge in [0.1, 0.15) is 0 Å². The monoisotopic (exact) mass is 313 g/mol. The van der Waals surface area contributed by atoms with Gasteiger partial charge < -0.3 is 5.32 Å². The maximum atomic E-state index is 12.1. The van der Waals surface area contributed by atoms with Crippen molar-refractivity contribution < 1.29 is 4.79 Å². The number of anilines is 1. The average Bonchev–Trinajstić information content (AvgIpc) is 2.95. The zero-order valence-electron chi connectivity index (χ0n) is 11.6. The minimum atomic E-state index is 0.0153. The van der Waals surface area contributed by atoms with Crippen molar-refractivity contribution in [2.75, 3.05) is 11.6 Å². The van der Waals surface area contributed by atoms with Crippen LogP contribution in [0.1, 0.15) is 5.56 Å². The molecule has 4 heteroatoms. The quantitative estimate of drug-likeness (QED) is 0.701. The zero-order valence-corrected chi connectivity index (χ0v) is 13.3. The summed E-state index contributed by atoms with van der Waals surface area (Å²) in [4.78, 5) is 13.3. The van der Waals surface area contributed by atoms with Crippen LogP contribution in [0.3, 0.4) is 0 Å². The van der Waals surface area contributed by atoms with Crippen LogP contribution < -0.4 is 5.32 Å². The van der Waals surface area contributed by atoms with Crippen LogP contribution in [0.15, 0.2) is 58.8 Å². The molecular formula is C17H15NOS2. The van der Waals surface area contributed by atoms with Gasteiger partial charge in [-0.3, -0.25) is 4.79 Å². The average molecular weight is 313 g/mol. The summed E-state index contributed by atoms with van der Waals surface area (Å²) < 4.78 is 1.24. The molecule has 0 aliphatic heterocycles. The maximum Gasteiger partial charge on any atom is 0.228 e. The standard InChI is InChI=1S/C17H15NOS2/c1-20-15-5-2-12(3-6-15)10-17(19)18-14-4-7-16-13(11-14)8-9-21-16/h2-9,11H,10H2,1H3,(H,18,19). The number of benzene rings is 2. The topological polar surface area (TPSA) is 29.1 Å². The van der Waals surface area contributed by atoms with Crippen molar-refractivity contribution in [3.05, 3.63) is 59.5 Å². The Kier molecular flexibility index (Phi) is 4.27. The lowest BCUT2D eigenvalue weighted by atomic mass is 10.1. The number of hydrogen-bond donors (Lipinski definition) is 1. The molecule has 2 aromatic carbocycles. The molecule has 0 spiro atoms. The fourth-order valence-electron chi connectivity index (χ4n) is 2.18. The summed E-state index contributed by atoms with van der Waals surface area (Å²) in [5, 5.41) is 6.19. The number of fused-ring (bicyclic) bond motifs is 1. The Morgan fingerprint density at radius 3 is 2.71 bits per heavy atom. The third-order valence-electron chi connectivity index (χ3n) is 3.26. The first-order valence-corrected chi connectivity index (χ1v) is 8.75. The molecule has 1 amide bonds. The zero-order chi connectivity index (χ0) is 14.7. The Morgan fingerprint density at radius 2 is 1.95 bits per heavy atom. The lowest BCUT2D eigenvalue weighted by Crippen LogP contribution is -2.14. The highest BCUT2D eigenvalue weighted by molar-refractivity contribution is 7.98. The Bertz CT molecular complexity index is 762. The highest BCUT2D eigenvalue weighted by Crippen LogP contribution is 2.24. The van der Waals surface area contributed by atoms with E-state index in [1.54, 1.807) is 23.1 Å². The molecule has 0 bridgehead atoms. The largest absolute Gasteiger partial charge is 0.326 e. The first-order valence-electron chi connectivity index (χ1n) is 6.64. The van der Waals surface area contributed by atoms with E-state index in [-0.39, 0.29) is 5.91 Å². The SMILES string of the molecule is CSc1ccc(CC(=O)Nc2ccc3sccc3c2)cc1. The molecule has 0 fully saturated rings. The molecule has 0 aliphatic carbocycles. The third-order valence-corrected chi connectivity index (χ3v) is 4.90. The van der Waals surface area contributed by atoms with Crippen LogP contribution >= 0.6 is 23.1 Å². The summed E-state index contributed by atoms with van der Waals surface area (Å²) in [6, 6.07) is 16.2. The van der Waals surface area contributed by atoms with Gasteiger partial charge in [-0.15, -0.1) is 23.1 Å². The molecule has 2 nitrogen and oxygen atoms in total. The van der Waals surface area contributed by atoms with Crippen LogP contribution in [-0.2, 0) is 11.2 Å². The number of nitrogens with one attached hydrogen (secondary N) is 1. The molecule has 0 aliphatic rings. The Hall–Kier alpha value is -1.78.